The molecule has 2 aromatic carbocycles. The molecule has 0 spiro atoms. The van der Waals surface area contributed by atoms with Gasteiger partial charge in [0.15, 0.2) is 5.82 Å². The summed E-state index contributed by atoms with van der Waals surface area (Å²) in [6.45, 7) is 5.44. The Labute approximate surface area is 334 Å². The molecule has 58 heavy (non-hydrogen) atoms. The number of nitrogens with zero attached hydrogens (tertiary/aromatic N) is 5. The van der Waals surface area contributed by atoms with Gasteiger partial charge in [0.2, 0.25) is 11.8 Å². The van der Waals surface area contributed by atoms with Crippen LogP contribution in [0.2, 0.25) is 5.02 Å². The van der Waals surface area contributed by atoms with E-state index in [-0.39, 0.29) is 52.1 Å². The average Bonchev–Trinajstić information content (AvgIpc) is 3.68. The molecule has 17 heteroatoms. The molecule has 0 saturated heterocycles. The molecule has 5 aromatic rings. The van der Waals surface area contributed by atoms with Gasteiger partial charge in [0.1, 0.15) is 40.9 Å². The van der Waals surface area contributed by atoms with Crippen molar-refractivity contribution in [1.29, 1.82) is 0 Å². The lowest BCUT2D eigenvalue weighted by Crippen LogP contribution is -2.36. The summed E-state index contributed by atoms with van der Waals surface area (Å²) >= 11 is 6.70. The molecule has 0 bridgehead atoms. The fourth-order valence-electron chi connectivity index (χ4n) is 7.70. The molecule has 1 unspecified atom stereocenters. The van der Waals surface area contributed by atoms with Crippen molar-refractivity contribution >= 4 is 40.1 Å². The maximum absolute atomic E-state index is 15.7. The molecular formula is C41H38ClF6N7O3. The predicted molar refractivity (Wildman–Crippen MR) is 203 cm³/mol. The van der Waals surface area contributed by atoms with Crippen LogP contribution in [0, 0.1) is 35.3 Å². The summed E-state index contributed by atoms with van der Waals surface area (Å²) in [6.07, 6.45) is -3.04. The van der Waals surface area contributed by atoms with Crippen molar-refractivity contribution < 1.29 is 41.0 Å². The Kier molecular flexibility index (Phi) is 10.6. The van der Waals surface area contributed by atoms with Crippen LogP contribution >= 0.6 is 11.6 Å². The second-order valence-corrected chi connectivity index (χ2v) is 15.9. The maximum Gasteiger partial charge on any atom is 0.293 e. The summed E-state index contributed by atoms with van der Waals surface area (Å²) in [4.78, 5) is 31.5. The van der Waals surface area contributed by atoms with Crippen LogP contribution in [0.3, 0.4) is 0 Å². The largest absolute Gasteiger partial charge is 0.378 e. The zero-order valence-electron chi connectivity index (χ0n) is 31.9. The molecule has 2 aliphatic rings. The minimum absolute atomic E-state index is 0.0760. The topological polar surface area (TPSA) is 127 Å². The second-order valence-electron chi connectivity index (χ2n) is 15.5. The van der Waals surface area contributed by atoms with E-state index in [1.165, 1.54) is 18.5 Å². The van der Waals surface area contributed by atoms with Crippen molar-refractivity contribution in [1.82, 2.24) is 29.9 Å². The standard InChI is InChI=1S/C41H38ClF6N7O3/c1-19(2)39(57)51-38-32-28(42)11-9-25(35(32)54(5)53-38)24-7-6-23(12-13-40(3,4)58)49-33(24)29(16-20-14-21(43)17-22(44)15-20)50-30(56)18-55-36-31(34(52-55)37(45)46)26-8-10-27(26)41(36,47)48/h6-7,9,11,14-15,17,19,26-27,29,37,58H,8,10,16,18H2,1-5H3,(H,50,56)(H,51,53,57)/t26-,27+,29?/m0/s1. The number of halogens is 7. The highest BCUT2D eigenvalue weighted by Crippen LogP contribution is 2.63. The van der Waals surface area contributed by atoms with Gasteiger partial charge in [0.05, 0.1) is 27.7 Å². The Morgan fingerprint density at radius 3 is 2.34 bits per heavy atom. The smallest absolute Gasteiger partial charge is 0.293 e. The molecule has 2 amide bonds. The number of carbonyl (C=O) groups is 2. The number of fused-ring (bicyclic) bond motifs is 4. The van der Waals surface area contributed by atoms with E-state index in [1.807, 2.05) is 0 Å². The van der Waals surface area contributed by atoms with Crippen molar-refractivity contribution in [3.63, 3.8) is 0 Å². The van der Waals surface area contributed by atoms with Crippen LogP contribution < -0.4 is 10.6 Å². The van der Waals surface area contributed by atoms with Crippen molar-refractivity contribution in [2.24, 2.45) is 18.9 Å². The first kappa shape index (κ1) is 40.8. The first-order valence-corrected chi connectivity index (χ1v) is 18.9. The number of aromatic nitrogens is 5. The van der Waals surface area contributed by atoms with Crippen LogP contribution in [0.5, 0.6) is 0 Å². The van der Waals surface area contributed by atoms with E-state index < -0.39 is 77.2 Å². The molecule has 0 aliphatic heterocycles. The molecule has 2 aliphatic carbocycles. The van der Waals surface area contributed by atoms with Crippen LogP contribution in [0.15, 0.2) is 42.5 Å². The Hall–Kier alpha value is -5.40. The number of amides is 2. The van der Waals surface area contributed by atoms with Crippen molar-refractivity contribution in [3.8, 4) is 23.0 Å². The number of aryl methyl sites for hydroxylation is 1. The first-order valence-electron chi connectivity index (χ1n) is 18.5. The van der Waals surface area contributed by atoms with Gasteiger partial charge in [-0.25, -0.2) is 22.5 Å². The quantitative estimate of drug-likeness (QED) is 0.0965. The second kappa shape index (κ2) is 15.1. The summed E-state index contributed by atoms with van der Waals surface area (Å²) in [5, 5.41) is 24.8. The van der Waals surface area contributed by atoms with E-state index in [2.05, 4.69) is 32.7 Å². The third-order valence-electron chi connectivity index (χ3n) is 10.4. The summed E-state index contributed by atoms with van der Waals surface area (Å²) in [7, 11) is 1.62. The molecule has 1 saturated carbocycles. The molecule has 3 N–H and O–H groups in total. The fraction of sp³-hybridized carbons (Fsp3) is 0.390. The summed E-state index contributed by atoms with van der Waals surface area (Å²) in [5.74, 6) is -3.32. The van der Waals surface area contributed by atoms with E-state index in [0.29, 0.717) is 39.2 Å². The monoisotopic (exact) mass is 825 g/mol. The number of hydrogen-bond donors (Lipinski definition) is 3. The van der Waals surface area contributed by atoms with Gasteiger partial charge in [-0.1, -0.05) is 37.4 Å². The molecular weight excluding hydrogens is 788 g/mol. The Morgan fingerprint density at radius 2 is 1.72 bits per heavy atom. The zero-order chi connectivity index (χ0) is 42.0. The summed E-state index contributed by atoms with van der Waals surface area (Å²) in [5.41, 5.74) is -1.71. The lowest BCUT2D eigenvalue weighted by molar-refractivity contribution is -0.123. The number of nitrogens with one attached hydrogen (secondary N) is 2. The van der Waals surface area contributed by atoms with E-state index in [0.717, 1.165) is 12.1 Å². The van der Waals surface area contributed by atoms with Gasteiger partial charge in [-0.3, -0.25) is 19.0 Å². The molecule has 0 radical (unpaired) electrons. The van der Waals surface area contributed by atoms with Crippen LogP contribution in [0.1, 0.15) is 92.8 Å². The third-order valence-corrected chi connectivity index (χ3v) is 10.7. The number of rotatable bonds is 10. The maximum atomic E-state index is 15.7. The highest BCUT2D eigenvalue weighted by atomic mass is 35.5. The van der Waals surface area contributed by atoms with Crippen LogP contribution in [0.4, 0.5) is 32.2 Å². The van der Waals surface area contributed by atoms with Crippen molar-refractivity contribution in [3.05, 3.63) is 93.0 Å². The van der Waals surface area contributed by atoms with Gasteiger partial charge in [0, 0.05) is 41.6 Å². The van der Waals surface area contributed by atoms with Gasteiger partial charge in [-0.05, 0) is 80.8 Å². The van der Waals surface area contributed by atoms with Crippen molar-refractivity contribution in [2.45, 2.75) is 83.4 Å². The SMILES string of the molecule is CC(C)C(=O)Nc1nn(C)c2c(-c3ccc(C#CC(C)(C)O)nc3C(Cc3cc(F)cc(F)c3)NC(=O)Cn3nc(C(F)F)c4c3C(F)(F)[C@@H]3CC[C@H]43)ccc(Cl)c12. The minimum Gasteiger partial charge on any atom is -0.378 e. The van der Waals surface area contributed by atoms with Crippen LogP contribution in [-0.4, -0.2) is 47.1 Å². The zero-order valence-corrected chi connectivity index (χ0v) is 32.7. The van der Waals surface area contributed by atoms with E-state index in [9.17, 15) is 32.3 Å². The lowest BCUT2D eigenvalue weighted by atomic mass is 9.73. The highest BCUT2D eigenvalue weighted by Gasteiger charge is 2.62. The molecule has 1 fully saturated rings. The summed E-state index contributed by atoms with van der Waals surface area (Å²) in [6, 6.07) is 7.89. The molecule has 3 aromatic heterocycles. The molecule has 10 nitrogen and oxygen atoms in total. The number of benzene rings is 2. The van der Waals surface area contributed by atoms with Crippen LogP contribution in [0.25, 0.3) is 22.0 Å². The van der Waals surface area contributed by atoms with E-state index in [4.69, 9.17) is 16.6 Å². The Morgan fingerprint density at radius 1 is 1.03 bits per heavy atom. The minimum atomic E-state index is -3.50. The van der Waals surface area contributed by atoms with Gasteiger partial charge >= 0.3 is 0 Å². The molecule has 7 rings (SSSR count). The molecule has 3 heterocycles. The summed E-state index contributed by atoms with van der Waals surface area (Å²) < 4.78 is 91.0. The normalized spacial score (nSPS) is 17.4. The lowest BCUT2D eigenvalue weighted by Gasteiger charge is -2.34. The molecule has 304 valence electrons. The number of pyridine rings is 1. The average molecular weight is 826 g/mol. The number of hydrogen-bond acceptors (Lipinski definition) is 6. The van der Waals surface area contributed by atoms with Gasteiger partial charge in [0.25, 0.3) is 12.3 Å². The number of alkyl halides is 4. The van der Waals surface area contributed by atoms with E-state index >= 15 is 8.78 Å². The number of aliphatic hydroxyl groups is 1. The Bertz CT molecular complexity index is 2510. The van der Waals surface area contributed by atoms with E-state index in [1.54, 1.807) is 45.2 Å². The van der Waals surface area contributed by atoms with Gasteiger partial charge in [-0.15, -0.1) is 0 Å². The predicted octanol–water partition coefficient (Wildman–Crippen LogP) is 8.12. The van der Waals surface area contributed by atoms with Gasteiger partial charge < -0.3 is 15.7 Å². The first-order chi connectivity index (χ1) is 27.2. The third kappa shape index (κ3) is 7.65. The molecule has 3 atom stereocenters. The van der Waals surface area contributed by atoms with Crippen LogP contribution in [-0.2, 0) is 35.5 Å². The Balaban J connectivity index is 1.38. The highest BCUT2D eigenvalue weighted by molar-refractivity contribution is 6.37. The number of anilines is 1. The van der Waals surface area contributed by atoms with Crippen molar-refractivity contribution in [2.75, 3.05) is 5.32 Å². The fourth-order valence-corrected chi connectivity index (χ4v) is 7.94. The van der Waals surface area contributed by atoms with Gasteiger partial charge in [-0.2, -0.15) is 19.0 Å². The number of carbonyl (C=O) groups excluding carboxylic acids is 2.